The number of hydrogen-bond donors (Lipinski definition) is 1. The quantitative estimate of drug-likeness (QED) is 0.673. The van der Waals surface area contributed by atoms with Crippen LogP contribution in [0.3, 0.4) is 0 Å². The van der Waals surface area contributed by atoms with E-state index in [9.17, 15) is 0 Å². The van der Waals surface area contributed by atoms with Crippen molar-refractivity contribution in [1.29, 1.82) is 0 Å². The Kier molecular flexibility index (Phi) is 7.14. The van der Waals surface area contributed by atoms with Crippen molar-refractivity contribution in [2.75, 3.05) is 26.8 Å². The van der Waals surface area contributed by atoms with Gasteiger partial charge in [-0.2, -0.15) is 0 Å². The van der Waals surface area contributed by atoms with E-state index in [-0.39, 0.29) is 5.54 Å². The van der Waals surface area contributed by atoms with Crippen molar-refractivity contribution < 1.29 is 4.74 Å². The first kappa shape index (κ1) is 14.9. The average molecular weight is 216 g/mol. The van der Waals surface area contributed by atoms with Crippen molar-refractivity contribution in [1.82, 2.24) is 4.90 Å². The molecular formula is C12H28N2O. The van der Waals surface area contributed by atoms with E-state index in [0.717, 1.165) is 19.6 Å². The van der Waals surface area contributed by atoms with Gasteiger partial charge in [0.05, 0.1) is 6.61 Å². The van der Waals surface area contributed by atoms with Gasteiger partial charge in [0.1, 0.15) is 0 Å². The van der Waals surface area contributed by atoms with Crippen LogP contribution >= 0.6 is 0 Å². The van der Waals surface area contributed by atoms with Crippen molar-refractivity contribution in [3.8, 4) is 0 Å². The molecule has 0 amide bonds. The van der Waals surface area contributed by atoms with Crippen molar-refractivity contribution in [3.63, 3.8) is 0 Å². The Bertz CT molecular complexity index is 164. The third-order valence-electron chi connectivity index (χ3n) is 3.20. The molecule has 15 heavy (non-hydrogen) atoms. The van der Waals surface area contributed by atoms with Gasteiger partial charge in [-0.1, -0.05) is 20.3 Å². The molecule has 92 valence electrons. The Balaban J connectivity index is 4.58. The number of likely N-dealkylation sites (N-methyl/N-ethyl adjacent to an activating group) is 1. The Hall–Kier alpha value is -0.120. The van der Waals surface area contributed by atoms with E-state index in [1.54, 1.807) is 7.11 Å². The summed E-state index contributed by atoms with van der Waals surface area (Å²) in [6.07, 6.45) is 2.31. The second-order valence-corrected chi connectivity index (χ2v) is 4.54. The van der Waals surface area contributed by atoms with Gasteiger partial charge < -0.3 is 10.5 Å². The van der Waals surface area contributed by atoms with Gasteiger partial charge in [-0.3, -0.25) is 4.90 Å². The summed E-state index contributed by atoms with van der Waals surface area (Å²) in [6, 6.07) is 0.431. The molecule has 0 heterocycles. The van der Waals surface area contributed by atoms with Crippen molar-refractivity contribution >= 4 is 0 Å². The lowest BCUT2D eigenvalue weighted by Gasteiger charge is -2.43. The summed E-state index contributed by atoms with van der Waals surface area (Å²) in [5, 5.41) is 0. The molecule has 0 aromatic carbocycles. The molecule has 0 aliphatic carbocycles. The average Bonchev–Trinajstić information content (AvgIpc) is 2.19. The SMILES string of the molecule is CCCC(C)(CN)N(CC)C(C)COC. The normalized spacial score (nSPS) is 17.8. The van der Waals surface area contributed by atoms with Gasteiger partial charge >= 0.3 is 0 Å². The molecule has 0 aliphatic rings. The molecule has 0 spiro atoms. The van der Waals surface area contributed by atoms with Crippen LogP contribution in [-0.2, 0) is 4.74 Å². The van der Waals surface area contributed by atoms with Crippen molar-refractivity contribution in [3.05, 3.63) is 0 Å². The van der Waals surface area contributed by atoms with Crippen LogP contribution in [0, 0.1) is 0 Å². The van der Waals surface area contributed by atoms with E-state index in [1.165, 1.54) is 6.42 Å². The van der Waals surface area contributed by atoms with Crippen LogP contribution in [0.5, 0.6) is 0 Å². The summed E-state index contributed by atoms with van der Waals surface area (Å²) in [6.45, 7) is 11.4. The minimum absolute atomic E-state index is 0.113. The van der Waals surface area contributed by atoms with Gasteiger partial charge in [0.15, 0.2) is 0 Å². The number of nitrogens with zero attached hydrogens (tertiary/aromatic N) is 1. The summed E-state index contributed by atoms with van der Waals surface area (Å²) >= 11 is 0. The fraction of sp³-hybridized carbons (Fsp3) is 1.00. The molecule has 0 aliphatic heterocycles. The van der Waals surface area contributed by atoms with E-state index in [0.29, 0.717) is 12.6 Å². The molecule has 0 fully saturated rings. The van der Waals surface area contributed by atoms with Crippen molar-refractivity contribution in [2.24, 2.45) is 5.73 Å². The molecular weight excluding hydrogens is 188 g/mol. The molecule has 0 saturated carbocycles. The Morgan fingerprint density at radius 3 is 2.33 bits per heavy atom. The lowest BCUT2D eigenvalue weighted by Crippen LogP contribution is -2.56. The van der Waals surface area contributed by atoms with E-state index in [1.807, 2.05) is 0 Å². The third kappa shape index (κ3) is 4.09. The minimum Gasteiger partial charge on any atom is -0.383 e. The van der Waals surface area contributed by atoms with Crippen LogP contribution in [0.25, 0.3) is 0 Å². The standard InChI is InChI=1S/C12H28N2O/c1-6-8-12(4,10-13)14(7-2)11(3)9-15-5/h11H,6-10,13H2,1-5H3. The molecule has 0 bridgehead atoms. The first-order chi connectivity index (χ1) is 7.05. The molecule has 0 aromatic heterocycles. The second kappa shape index (κ2) is 7.20. The fourth-order valence-electron chi connectivity index (χ4n) is 2.46. The van der Waals surface area contributed by atoms with Crippen LogP contribution < -0.4 is 5.73 Å². The molecule has 0 saturated heterocycles. The minimum atomic E-state index is 0.113. The van der Waals surface area contributed by atoms with Crippen LogP contribution in [0.15, 0.2) is 0 Å². The maximum Gasteiger partial charge on any atom is 0.0615 e. The van der Waals surface area contributed by atoms with E-state index in [4.69, 9.17) is 10.5 Å². The highest BCUT2D eigenvalue weighted by atomic mass is 16.5. The van der Waals surface area contributed by atoms with E-state index >= 15 is 0 Å². The second-order valence-electron chi connectivity index (χ2n) is 4.54. The smallest absolute Gasteiger partial charge is 0.0615 e. The van der Waals surface area contributed by atoms with Crippen LogP contribution in [-0.4, -0.2) is 43.3 Å². The first-order valence-corrected chi connectivity index (χ1v) is 6.01. The monoisotopic (exact) mass is 216 g/mol. The zero-order valence-electron chi connectivity index (χ0n) is 11.0. The molecule has 2 atom stereocenters. The van der Waals surface area contributed by atoms with Gasteiger partial charge in [0, 0.05) is 25.2 Å². The highest BCUT2D eigenvalue weighted by Crippen LogP contribution is 2.22. The van der Waals surface area contributed by atoms with Crippen LogP contribution in [0.4, 0.5) is 0 Å². The largest absolute Gasteiger partial charge is 0.383 e. The number of ether oxygens (including phenoxy) is 1. The Morgan fingerprint density at radius 1 is 1.40 bits per heavy atom. The predicted molar refractivity (Wildman–Crippen MR) is 66.1 cm³/mol. The summed E-state index contributed by atoms with van der Waals surface area (Å²) in [5.74, 6) is 0. The molecule has 2 unspecified atom stereocenters. The van der Waals surface area contributed by atoms with Gasteiger partial charge in [-0.05, 0) is 26.8 Å². The summed E-state index contributed by atoms with van der Waals surface area (Å²) in [4.78, 5) is 2.46. The van der Waals surface area contributed by atoms with Gasteiger partial charge in [-0.15, -0.1) is 0 Å². The number of nitrogens with two attached hydrogens (primary N) is 1. The summed E-state index contributed by atoms with van der Waals surface area (Å²) < 4.78 is 5.22. The third-order valence-corrected chi connectivity index (χ3v) is 3.20. The van der Waals surface area contributed by atoms with Crippen LogP contribution in [0.1, 0.15) is 40.5 Å². The van der Waals surface area contributed by atoms with Gasteiger partial charge in [-0.25, -0.2) is 0 Å². The van der Waals surface area contributed by atoms with Crippen molar-refractivity contribution in [2.45, 2.75) is 52.1 Å². The summed E-state index contributed by atoms with van der Waals surface area (Å²) in [7, 11) is 1.75. The van der Waals surface area contributed by atoms with Crippen LogP contribution in [0.2, 0.25) is 0 Å². The number of rotatable bonds is 8. The molecule has 0 aromatic rings. The highest BCUT2D eigenvalue weighted by Gasteiger charge is 2.31. The zero-order valence-corrected chi connectivity index (χ0v) is 11.0. The lowest BCUT2D eigenvalue weighted by atomic mass is 9.92. The molecule has 3 nitrogen and oxygen atoms in total. The van der Waals surface area contributed by atoms with E-state index < -0.39 is 0 Å². The van der Waals surface area contributed by atoms with Gasteiger partial charge in [0.2, 0.25) is 0 Å². The predicted octanol–water partition coefficient (Wildman–Crippen LogP) is 1.86. The molecule has 2 N–H and O–H groups in total. The Morgan fingerprint density at radius 2 is 2.00 bits per heavy atom. The Labute approximate surface area is 95.0 Å². The first-order valence-electron chi connectivity index (χ1n) is 6.01. The topological polar surface area (TPSA) is 38.5 Å². The van der Waals surface area contributed by atoms with Gasteiger partial charge in [0.25, 0.3) is 0 Å². The fourth-order valence-corrected chi connectivity index (χ4v) is 2.46. The number of methoxy groups -OCH3 is 1. The molecule has 3 heteroatoms. The maximum atomic E-state index is 5.92. The zero-order chi connectivity index (χ0) is 11.9. The molecule has 0 radical (unpaired) electrons. The maximum absolute atomic E-state index is 5.92. The summed E-state index contributed by atoms with van der Waals surface area (Å²) in [5.41, 5.74) is 6.03. The lowest BCUT2D eigenvalue weighted by molar-refractivity contribution is 0.0246. The van der Waals surface area contributed by atoms with E-state index in [2.05, 4.69) is 32.6 Å². The number of hydrogen-bond acceptors (Lipinski definition) is 3. The highest BCUT2D eigenvalue weighted by molar-refractivity contribution is 4.89. The molecule has 0 rings (SSSR count).